The van der Waals surface area contributed by atoms with Crippen LogP contribution in [0.3, 0.4) is 0 Å². The second-order valence-electron chi connectivity index (χ2n) is 7.74. The molecule has 0 bridgehead atoms. The van der Waals surface area contributed by atoms with Crippen molar-refractivity contribution < 1.29 is 4.74 Å². The van der Waals surface area contributed by atoms with Crippen molar-refractivity contribution in [2.75, 3.05) is 11.1 Å². The molecule has 0 spiro atoms. The number of nitrogens with two attached hydrogens (primary N) is 1. The van der Waals surface area contributed by atoms with E-state index < -0.39 is 0 Å². The first-order chi connectivity index (χ1) is 9.67. The van der Waals surface area contributed by atoms with Gasteiger partial charge in [-0.15, -0.1) is 0 Å². The Morgan fingerprint density at radius 1 is 1.29 bits per heavy atom. The zero-order valence-corrected chi connectivity index (χ0v) is 14.0. The topological polar surface area (TPSA) is 60.2 Å². The van der Waals surface area contributed by atoms with Gasteiger partial charge in [0, 0.05) is 6.04 Å². The van der Waals surface area contributed by atoms with Crippen LogP contribution in [-0.4, -0.2) is 16.6 Å². The monoisotopic (exact) mass is 291 g/mol. The van der Waals surface area contributed by atoms with Crippen LogP contribution in [-0.2, 0) is 0 Å². The molecule has 21 heavy (non-hydrogen) atoms. The Morgan fingerprint density at radius 3 is 2.62 bits per heavy atom. The Morgan fingerprint density at radius 2 is 2.00 bits per heavy atom. The molecule has 1 aliphatic rings. The van der Waals surface area contributed by atoms with Crippen molar-refractivity contribution in [3.63, 3.8) is 0 Å². The number of nitrogens with one attached hydrogen (secondary N) is 1. The van der Waals surface area contributed by atoms with Crippen molar-refractivity contribution in [1.82, 2.24) is 4.98 Å². The van der Waals surface area contributed by atoms with Crippen molar-refractivity contribution in [2.24, 2.45) is 5.41 Å². The Bertz CT molecular complexity index is 491. The van der Waals surface area contributed by atoms with E-state index in [0.29, 0.717) is 23.0 Å². The summed E-state index contributed by atoms with van der Waals surface area (Å²) < 4.78 is 5.84. The van der Waals surface area contributed by atoms with Crippen LogP contribution in [0.5, 0.6) is 5.88 Å². The van der Waals surface area contributed by atoms with Crippen LogP contribution in [0.1, 0.15) is 60.3 Å². The summed E-state index contributed by atoms with van der Waals surface area (Å²) in [5, 5.41) is 3.58. The lowest BCUT2D eigenvalue weighted by molar-refractivity contribution is 0.125. The molecule has 1 fully saturated rings. The summed E-state index contributed by atoms with van der Waals surface area (Å²) in [5.74, 6) is 1.37. The van der Waals surface area contributed by atoms with Crippen LogP contribution in [0, 0.1) is 5.41 Å². The molecule has 4 nitrogen and oxygen atoms in total. The first-order valence-electron chi connectivity index (χ1n) is 7.89. The first kappa shape index (κ1) is 15.9. The molecule has 4 heteroatoms. The second kappa shape index (κ2) is 5.74. The van der Waals surface area contributed by atoms with Gasteiger partial charge in [-0.2, -0.15) is 4.98 Å². The summed E-state index contributed by atoms with van der Waals surface area (Å²) in [6.07, 6.45) is 5.04. The van der Waals surface area contributed by atoms with E-state index in [9.17, 15) is 0 Å². The molecule has 0 amide bonds. The number of rotatable bonds is 3. The lowest BCUT2D eigenvalue weighted by Gasteiger charge is -2.39. The SMILES string of the molecule is CC(C)(C)Oc1nc(NC2CCCCC2(C)C)ccc1N. The van der Waals surface area contributed by atoms with Gasteiger partial charge in [0.15, 0.2) is 0 Å². The maximum atomic E-state index is 5.97. The molecule has 0 radical (unpaired) electrons. The van der Waals surface area contributed by atoms with Crippen molar-refractivity contribution in [1.29, 1.82) is 0 Å². The lowest BCUT2D eigenvalue weighted by Crippen LogP contribution is -2.39. The summed E-state index contributed by atoms with van der Waals surface area (Å²) in [6.45, 7) is 10.6. The molecule has 118 valence electrons. The molecule has 1 heterocycles. The average molecular weight is 291 g/mol. The standard InChI is InChI=1S/C17H29N3O/c1-16(2,3)21-15-12(18)9-10-14(20-15)19-13-8-6-7-11-17(13,4)5/h9-10,13H,6-8,11,18H2,1-5H3,(H,19,20). The van der Waals surface area contributed by atoms with Crippen molar-refractivity contribution in [3.05, 3.63) is 12.1 Å². The third-order valence-corrected chi connectivity index (χ3v) is 4.12. The predicted octanol–water partition coefficient (Wildman–Crippen LogP) is 4.22. The molecule has 1 saturated carbocycles. The van der Waals surface area contributed by atoms with Crippen LogP contribution in [0.2, 0.25) is 0 Å². The smallest absolute Gasteiger partial charge is 0.239 e. The second-order valence-corrected chi connectivity index (χ2v) is 7.74. The van der Waals surface area contributed by atoms with Gasteiger partial charge in [-0.25, -0.2) is 0 Å². The van der Waals surface area contributed by atoms with E-state index in [1.807, 2.05) is 32.9 Å². The summed E-state index contributed by atoms with van der Waals surface area (Å²) in [7, 11) is 0. The molecule has 1 unspecified atom stereocenters. The van der Waals surface area contributed by atoms with E-state index in [0.717, 1.165) is 5.82 Å². The molecule has 1 aliphatic carbocycles. The van der Waals surface area contributed by atoms with Gasteiger partial charge < -0.3 is 15.8 Å². The van der Waals surface area contributed by atoms with Crippen LogP contribution in [0.15, 0.2) is 12.1 Å². The van der Waals surface area contributed by atoms with Crippen LogP contribution in [0.4, 0.5) is 11.5 Å². The number of pyridine rings is 1. The summed E-state index contributed by atoms with van der Waals surface area (Å²) in [4.78, 5) is 4.56. The molecule has 0 aliphatic heterocycles. The first-order valence-corrected chi connectivity index (χ1v) is 7.89. The average Bonchev–Trinajstić information content (AvgIpc) is 2.34. The Kier molecular flexibility index (Phi) is 4.35. The van der Waals surface area contributed by atoms with Gasteiger partial charge in [0.25, 0.3) is 0 Å². The quantitative estimate of drug-likeness (QED) is 0.875. The van der Waals surface area contributed by atoms with Crippen molar-refractivity contribution in [2.45, 2.75) is 71.9 Å². The van der Waals surface area contributed by atoms with Gasteiger partial charge in [0.1, 0.15) is 11.4 Å². The van der Waals surface area contributed by atoms with Gasteiger partial charge in [0.2, 0.25) is 5.88 Å². The highest BCUT2D eigenvalue weighted by atomic mass is 16.5. The zero-order valence-electron chi connectivity index (χ0n) is 14.0. The number of hydrogen-bond acceptors (Lipinski definition) is 4. The van der Waals surface area contributed by atoms with Crippen molar-refractivity contribution in [3.8, 4) is 5.88 Å². The minimum atomic E-state index is -0.302. The summed E-state index contributed by atoms with van der Waals surface area (Å²) >= 11 is 0. The molecule has 2 rings (SSSR count). The van der Waals surface area contributed by atoms with E-state index in [2.05, 4.69) is 24.1 Å². The number of ether oxygens (including phenoxy) is 1. The molecule has 1 atom stereocenters. The van der Waals surface area contributed by atoms with Gasteiger partial charge in [-0.1, -0.05) is 26.7 Å². The molecule has 0 aromatic carbocycles. The van der Waals surface area contributed by atoms with E-state index in [4.69, 9.17) is 10.5 Å². The largest absolute Gasteiger partial charge is 0.470 e. The Balaban J connectivity index is 2.15. The maximum absolute atomic E-state index is 5.97. The maximum Gasteiger partial charge on any atom is 0.239 e. The van der Waals surface area contributed by atoms with Gasteiger partial charge >= 0.3 is 0 Å². The molecular weight excluding hydrogens is 262 g/mol. The number of aromatic nitrogens is 1. The van der Waals surface area contributed by atoms with Crippen LogP contribution < -0.4 is 15.8 Å². The third-order valence-electron chi connectivity index (χ3n) is 4.12. The fraction of sp³-hybridized carbons (Fsp3) is 0.706. The number of hydrogen-bond donors (Lipinski definition) is 2. The third kappa shape index (κ3) is 4.26. The molecule has 1 aromatic rings. The zero-order chi connectivity index (χ0) is 15.7. The highest BCUT2D eigenvalue weighted by Crippen LogP contribution is 2.37. The number of nitrogens with zero attached hydrogens (tertiary/aromatic N) is 1. The van der Waals surface area contributed by atoms with Gasteiger partial charge in [-0.05, 0) is 51.2 Å². The normalized spacial score (nSPS) is 21.9. The minimum absolute atomic E-state index is 0.298. The van der Waals surface area contributed by atoms with Crippen LogP contribution in [0.25, 0.3) is 0 Å². The highest BCUT2D eigenvalue weighted by molar-refractivity contribution is 5.54. The Hall–Kier alpha value is -1.45. The summed E-state index contributed by atoms with van der Waals surface area (Å²) in [6, 6.07) is 4.26. The molecule has 1 aromatic heterocycles. The van der Waals surface area contributed by atoms with E-state index in [-0.39, 0.29) is 5.60 Å². The van der Waals surface area contributed by atoms with Gasteiger partial charge in [0.05, 0.1) is 5.69 Å². The lowest BCUT2D eigenvalue weighted by atomic mass is 9.73. The molecule has 3 N–H and O–H groups in total. The molecular formula is C17H29N3O. The predicted molar refractivity (Wildman–Crippen MR) is 88.7 cm³/mol. The minimum Gasteiger partial charge on any atom is -0.470 e. The van der Waals surface area contributed by atoms with E-state index in [1.54, 1.807) is 0 Å². The van der Waals surface area contributed by atoms with Crippen molar-refractivity contribution >= 4 is 11.5 Å². The molecule has 0 saturated heterocycles. The number of nitrogen functional groups attached to an aromatic ring is 1. The van der Waals surface area contributed by atoms with Gasteiger partial charge in [-0.3, -0.25) is 0 Å². The van der Waals surface area contributed by atoms with E-state index >= 15 is 0 Å². The fourth-order valence-corrected chi connectivity index (χ4v) is 2.84. The fourth-order valence-electron chi connectivity index (χ4n) is 2.84. The van der Waals surface area contributed by atoms with Crippen LogP contribution >= 0.6 is 0 Å². The summed E-state index contributed by atoms with van der Waals surface area (Å²) in [5.41, 5.74) is 6.55. The highest BCUT2D eigenvalue weighted by Gasteiger charge is 2.32. The van der Waals surface area contributed by atoms with E-state index in [1.165, 1.54) is 25.7 Å². The Labute approximate surface area is 128 Å². The number of anilines is 2.